The summed E-state index contributed by atoms with van der Waals surface area (Å²) < 4.78 is 4.56. The number of hydrogen-bond donors (Lipinski definition) is 0. The Kier molecular flexibility index (Phi) is 3.09. The van der Waals surface area contributed by atoms with Crippen LogP contribution in [0.1, 0.15) is 16.8 Å². The molecule has 0 saturated carbocycles. The zero-order valence-electron chi connectivity index (χ0n) is 11.5. The molecule has 0 unspecified atom stereocenters. The summed E-state index contributed by atoms with van der Waals surface area (Å²) in [6.45, 7) is 0. The van der Waals surface area contributed by atoms with Crippen LogP contribution in [0.3, 0.4) is 0 Å². The van der Waals surface area contributed by atoms with Crippen LogP contribution in [0.15, 0.2) is 51.4 Å². The van der Waals surface area contributed by atoms with Crippen molar-refractivity contribution >= 4 is 54.4 Å². The van der Waals surface area contributed by atoms with E-state index in [0.29, 0.717) is 0 Å². The predicted molar refractivity (Wildman–Crippen MR) is 96.3 cm³/mol. The third kappa shape index (κ3) is 2.19. The molecule has 104 valence electrons. The van der Waals surface area contributed by atoms with E-state index >= 15 is 0 Å². The predicted octanol–water partition coefficient (Wildman–Crippen LogP) is 5.80. The fourth-order valence-corrected chi connectivity index (χ4v) is 3.89. The Hall–Kier alpha value is -1.32. The molecule has 1 aliphatic rings. The second-order valence-electron chi connectivity index (χ2n) is 5.48. The summed E-state index contributed by atoms with van der Waals surface area (Å²) in [6.07, 6.45) is 3.31. The SMILES string of the molecule is Cn1c(C2=Cc3ccc(Br)cc3C2)cc2cc(Br)ccc21. The summed E-state index contributed by atoms with van der Waals surface area (Å²) in [4.78, 5) is 0. The highest BCUT2D eigenvalue weighted by Gasteiger charge is 2.17. The molecule has 3 aromatic rings. The quantitative estimate of drug-likeness (QED) is 0.484. The van der Waals surface area contributed by atoms with E-state index in [-0.39, 0.29) is 0 Å². The van der Waals surface area contributed by atoms with Crippen LogP contribution in [0, 0.1) is 0 Å². The molecule has 0 N–H and O–H groups in total. The van der Waals surface area contributed by atoms with Crippen molar-refractivity contribution in [2.45, 2.75) is 6.42 Å². The molecule has 0 radical (unpaired) electrons. The maximum atomic E-state index is 3.56. The third-order valence-electron chi connectivity index (χ3n) is 4.15. The average Bonchev–Trinajstić information content (AvgIpc) is 2.99. The van der Waals surface area contributed by atoms with Crippen molar-refractivity contribution in [3.05, 3.63) is 68.2 Å². The molecule has 0 bridgehead atoms. The van der Waals surface area contributed by atoms with Gasteiger partial charge in [0.25, 0.3) is 0 Å². The Labute approximate surface area is 140 Å². The Morgan fingerprint density at radius 2 is 1.71 bits per heavy atom. The molecule has 21 heavy (non-hydrogen) atoms. The molecule has 0 amide bonds. The number of allylic oxidation sites excluding steroid dienone is 1. The Balaban J connectivity index is 1.84. The first-order valence-corrected chi connectivity index (χ1v) is 8.45. The standard InChI is InChI=1S/C18H13Br2N/c1-21-17-5-4-16(20)9-14(17)10-18(21)13-6-11-2-3-15(19)8-12(11)7-13/h2-6,8-10H,7H2,1H3. The summed E-state index contributed by atoms with van der Waals surface area (Å²) in [5.74, 6) is 0. The van der Waals surface area contributed by atoms with Crippen LogP contribution in [-0.2, 0) is 13.5 Å². The van der Waals surface area contributed by atoms with Crippen LogP contribution in [0.25, 0.3) is 22.6 Å². The summed E-state index contributed by atoms with van der Waals surface area (Å²) in [5.41, 5.74) is 6.69. The molecule has 1 heterocycles. The van der Waals surface area contributed by atoms with Gasteiger partial charge in [-0.15, -0.1) is 0 Å². The van der Waals surface area contributed by atoms with Gasteiger partial charge in [0.1, 0.15) is 0 Å². The molecule has 0 saturated heterocycles. The maximum Gasteiger partial charge on any atom is 0.0483 e. The summed E-state index contributed by atoms with van der Waals surface area (Å²) in [6, 6.07) is 15.2. The van der Waals surface area contributed by atoms with Gasteiger partial charge in [-0.05, 0) is 59.2 Å². The van der Waals surface area contributed by atoms with Gasteiger partial charge in [0.2, 0.25) is 0 Å². The maximum absolute atomic E-state index is 3.56. The molecule has 0 spiro atoms. The molecule has 1 nitrogen and oxygen atoms in total. The number of rotatable bonds is 1. The smallest absolute Gasteiger partial charge is 0.0483 e. The van der Waals surface area contributed by atoms with Crippen molar-refractivity contribution in [1.29, 1.82) is 0 Å². The highest BCUT2D eigenvalue weighted by atomic mass is 79.9. The summed E-state index contributed by atoms with van der Waals surface area (Å²) >= 11 is 7.11. The van der Waals surface area contributed by atoms with Crippen LogP contribution in [-0.4, -0.2) is 4.57 Å². The van der Waals surface area contributed by atoms with E-state index in [1.807, 2.05) is 0 Å². The second-order valence-corrected chi connectivity index (χ2v) is 7.31. The Bertz CT molecular complexity index is 903. The van der Waals surface area contributed by atoms with Crippen LogP contribution >= 0.6 is 31.9 Å². The molecule has 1 aliphatic carbocycles. The lowest BCUT2D eigenvalue weighted by molar-refractivity contribution is 0.943. The van der Waals surface area contributed by atoms with E-state index in [0.717, 1.165) is 15.4 Å². The lowest BCUT2D eigenvalue weighted by Gasteiger charge is -2.05. The summed E-state index contributed by atoms with van der Waals surface area (Å²) in [7, 11) is 2.14. The van der Waals surface area contributed by atoms with Crippen molar-refractivity contribution < 1.29 is 0 Å². The first-order valence-electron chi connectivity index (χ1n) is 6.86. The minimum absolute atomic E-state index is 1.00. The van der Waals surface area contributed by atoms with Crippen LogP contribution in [0.4, 0.5) is 0 Å². The lowest BCUT2D eigenvalue weighted by Crippen LogP contribution is -1.95. The number of halogens is 2. The molecule has 4 rings (SSSR count). The number of aryl methyl sites for hydroxylation is 1. The third-order valence-corrected chi connectivity index (χ3v) is 5.14. The van der Waals surface area contributed by atoms with Gasteiger partial charge in [-0.3, -0.25) is 0 Å². The van der Waals surface area contributed by atoms with Crippen LogP contribution in [0.2, 0.25) is 0 Å². The van der Waals surface area contributed by atoms with E-state index in [4.69, 9.17) is 0 Å². The van der Waals surface area contributed by atoms with Crippen molar-refractivity contribution in [2.75, 3.05) is 0 Å². The average molecular weight is 403 g/mol. The van der Waals surface area contributed by atoms with E-state index in [9.17, 15) is 0 Å². The van der Waals surface area contributed by atoms with Gasteiger partial charge in [-0.25, -0.2) is 0 Å². The van der Waals surface area contributed by atoms with E-state index < -0.39 is 0 Å². The first kappa shape index (κ1) is 13.4. The van der Waals surface area contributed by atoms with E-state index in [1.165, 1.54) is 33.3 Å². The summed E-state index contributed by atoms with van der Waals surface area (Å²) in [5, 5.41) is 1.28. The van der Waals surface area contributed by atoms with Crippen molar-refractivity contribution in [1.82, 2.24) is 4.57 Å². The van der Waals surface area contributed by atoms with E-state index in [2.05, 4.69) is 92.0 Å². The van der Waals surface area contributed by atoms with Crippen molar-refractivity contribution in [3.63, 3.8) is 0 Å². The number of nitrogens with zero attached hydrogens (tertiary/aromatic N) is 1. The zero-order chi connectivity index (χ0) is 14.6. The lowest BCUT2D eigenvalue weighted by atomic mass is 10.1. The van der Waals surface area contributed by atoms with Gasteiger partial charge in [0.15, 0.2) is 0 Å². The van der Waals surface area contributed by atoms with Crippen LogP contribution in [0.5, 0.6) is 0 Å². The van der Waals surface area contributed by atoms with Crippen molar-refractivity contribution in [3.8, 4) is 0 Å². The monoisotopic (exact) mass is 401 g/mol. The van der Waals surface area contributed by atoms with Gasteiger partial charge in [-0.2, -0.15) is 0 Å². The Morgan fingerprint density at radius 1 is 0.952 bits per heavy atom. The Morgan fingerprint density at radius 3 is 2.57 bits per heavy atom. The molecule has 1 aromatic heterocycles. The normalized spacial score (nSPS) is 13.6. The molecule has 2 aromatic carbocycles. The van der Waals surface area contributed by atoms with Gasteiger partial charge in [0, 0.05) is 39.0 Å². The van der Waals surface area contributed by atoms with E-state index in [1.54, 1.807) is 0 Å². The first-order chi connectivity index (χ1) is 10.1. The van der Waals surface area contributed by atoms with Gasteiger partial charge < -0.3 is 4.57 Å². The fourth-order valence-electron chi connectivity index (χ4n) is 3.11. The highest BCUT2D eigenvalue weighted by Crippen LogP contribution is 2.35. The zero-order valence-corrected chi connectivity index (χ0v) is 14.7. The van der Waals surface area contributed by atoms with Gasteiger partial charge in [-0.1, -0.05) is 37.9 Å². The molecule has 3 heteroatoms. The molecular weight excluding hydrogens is 390 g/mol. The molecule has 0 atom stereocenters. The van der Waals surface area contributed by atoms with Gasteiger partial charge in [0.05, 0.1) is 0 Å². The van der Waals surface area contributed by atoms with Gasteiger partial charge >= 0.3 is 0 Å². The number of hydrogen-bond acceptors (Lipinski definition) is 0. The fraction of sp³-hybridized carbons (Fsp3) is 0.111. The highest BCUT2D eigenvalue weighted by molar-refractivity contribution is 9.10. The van der Waals surface area contributed by atoms with Crippen molar-refractivity contribution in [2.24, 2.45) is 7.05 Å². The topological polar surface area (TPSA) is 4.93 Å². The molecule has 0 aliphatic heterocycles. The largest absolute Gasteiger partial charge is 0.344 e. The number of fused-ring (bicyclic) bond motifs is 2. The number of benzene rings is 2. The minimum atomic E-state index is 1.00. The second kappa shape index (κ2) is 4.85. The minimum Gasteiger partial charge on any atom is -0.344 e. The number of aromatic nitrogens is 1. The van der Waals surface area contributed by atoms with Crippen LogP contribution < -0.4 is 0 Å². The molecular formula is C18H13Br2N. The molecule has 0 fully saturated rings.